The second-order valence-electron chi connectivity index (χ2n) is 12.7. The molecule has 4 nitrogen and oxygen atoms in total. The van der Waals surface area contributed by atoms with Gasteiger partial charge in [-0.15, -0.1) is 0 Å². The number of piperazine rings is 1. The molecule has 1 saturated heterocycles. The highest BCUT2D eigenvalue weighted by Crippen LogP contribution is 2.48. The van der Waals surface area contributed by atoms with Gasteiger partial charge in [-0.05, 0) is 56.8 Å². The molecule has 5 atom stereocenters. The normalized spacial score (nSPS) is 33.0. The minimum atomic E-state index is -4.80. The van der Waals surface area contributed by atoms with Gasteiger partial charge >= 0.3 is 18.5 Å². The first-order chi connectivity index (χ1) is 19.1. The van der Waals surface area contributed by atoms with Crippen molar-refractivity contribution in [2.75, 3.05) is 32.7 Å². The van der Waals surface area contributed by atoms with Crippen LogP contribution >= 0.6 is 0 Å². The molecule has 238 valence electrons. The van der Waals surface area contributed by atoms with Gasteiger partial charge in [0.2, 0.25) is 5.91 Å². The van der Waals surface area contributed by atoms with Crippen LogP contribution in [-0.2, 0) is 4.79 Å². The number of hydrogen-bond acceptors (Lipinski definition) is 3. The van der Waals surface area contributed by atoms with Gasteiger partial charge in [0, 0.05) is 38.8 Å². The zero-order valence-electron chi connectivity index (χ0n) is 23.3. The number of nitrogens with zero attached hydrogens (tertiary/aromatic N) is 2. The molecule has 4 rings (SSSR count). The van der Waals surface area contributed by atoms with Crippen molar-refractivity contribution in [3.05, 3.63) is 0 Å². The third-order valence-electron chi connectivity index (χ3n) is 10.0. The number of nitrogens with one attached hydrogen (secondary N) is 1. The first-order valence-electron chi connectivity index (χ1n) is 15.1. The number of hydrogen-bond donors (Lipinski definition) is 1. The summed E-state index contributed by atoms with van der Waals surface area (Å²) in [5.74, 6) is -8.75. The van der Waals surface area contributed by atoms with Crippen LogP contribution in [0.15, 0.2) is 0 Å². The zero-order chi connectivity index (χ0) is 30.0. The van der Waals surface area contributed by atoms with Gasteiger partial charge in [0.05, 0.1) is 23.8 Å². The average molecular weight is 608 g/mol. The molecule has 0 aromatic carbocycles. The Morgan fingerprint density at radius 3 is 1.76 bits per heavy atom. The second-order valence-corrected chi connectivity index (χ2v) is 12.7. The van der Waals surface area contributed by atoms with Gasteiger partial charge in [-0.1, -0.05) is 32.1 Å². The van der Waals surface area contributed by atoms with E-state index in [0.29, 0.717) is 45.1 Å². The number of carbonyl (C=O) groups is 1. The molecular formula is C28H42F9N3O. The predicted octanol–water partition coefficient (Wildman–Crippen LogP) is 6.95. The number of carbonyl (C=O) groups excluding carboxylic acids is 1. The molecule has 1 N–H and O–H groups in total. The monoisotopic (exact) mass is 607 g/mol. The van der Waals surface area contributed by atoms with E-state index in [-0.39, 0.29) is 12.8 Å². The molecule has 0 aromatic rings. The molecule has 4 aliphatic rings. The molecule has 0 spiro atoms. The third-order valence-corrected chi connectivity index (χ3v) is 10.0. The predicted molar refractivity (Wildman–Crippen MR) is 135 cm³/mol. The highest BCUT2D eigenvalue weighted by atomic mass is 19.4. The Morgan fingerprint density at radius 2 is 1.22 bits per heavy atom. The Labute approximate surface area is 235 Å². The standard InChI is InChI=1S/C28H42F9N3O/c29-26(30,31)19-14-18(15-20(16-19)27(32,33)34)17-38-25(41)24(22-8-4-5-9-23(22)28(35,36)37)40-12-10-39(11-13-40)21-6-2-1-3-7-21/h18-24H,1-17H2,(H,38,41). The first-order valence-corrected chi connectivity index (χ1v) is 15.1. The number of rotatable bonds is 6. The summed E-state index contributed by atoms with van der Waals surface area (Å²) in [5, 5.41) is 2.54. The lowest BCUT2D eigenvalue weighted by Gasteiger charge is -2.47. The van der Waals surface area contributed by atoms with Crippen molar-refractivity contribution in [1.82, 2.24) is 15.1 Å². The molecular weight excluding hydrogens is 565 g/mol. The van der Waals surface area contributed by atoms with Gasteiger partial charge in [0.1, 0.15) is 0 Å². The van der Waals surface area contributed by atoms with Gasteiger partial charge in [-0.3, -0.25) is 14.6 Å². The first kappa shape index (κ1) is 32.7. The van der Waals surface area contributed by atoms with E-state index < -0.39 is 85.9 Å². The largest absolute Gasteiger partial charge is 0.392 e. The zero-order valence-corrected chi connectivity index (χ0v) is 23.3. The molecule has 3 saturated carbocycles. The Bertz CT molecular complexity index is 826. The summed E-state index contributed by atoms with van der Waals surface area (Å²) < 4.78 is 123. The fourth-order valence-corrected chi connectivity index (χ4v) is 7.89. The van der Waals surface area contributed by atoms with Crippen LogP contribution in [0, 0.1) is 29.6 Å². The molecule has 1 aliphatic heterocycles. The summed E-state index contributed by atoms with van der Waals surface area (Å²) in [6.07, 6.45) is -9.60. The van der Waals surface area contributed by atoms with E-state index in [0.717, 1.165) is 25.7 Å². The van der Waals surface area contributed by atoms with Crippen molar-refractivity contribution >= 4 is 5.91 Å². The summed E-state index contributed by atoms with van der Waals surface area (Å²) in [4.78, 5) is 17.7. The number of amides is 1. The van der Waals surface area contributed by atoms with Crippen LogP contribution in [0.25, 0.3) is 0 Å². The van der Waals surface area contributed by atoms with Crippen LogP contribution in [0.1, 0.15) is 77.0 Å². The molecule has 0 bridgehead atoms. The van der Waals surface area contributed by atoms with Gasteiger partial charge in [-0.2, -0.15) is 39.5 Å². The Kier molecular flexibility index (Phi) is 10.5. The smallest absolute Gasteiger partial charge is 0.354 e. The maximum Gasteiger partial charge on any atom is 0.392 e. The molecule has 41 heavy (non-hydrogen) atoms. The van der Waals surface area contributed by atoms with Crippen molar-refractivity contribution in [2.45, 2.75) is 108 Å². The van der Waals surface area contributed by atoms with E-state index in [1.54, 1.807) is 4.90 Å². The van der Waals surface area contributed by atoms with Gasteiger partial charge in [-0.25, -0.2) is 0 Å². The van der Waals surface area contributed by atoms with Crippen molar-refractivity contribution in [1.29, 1.82) is 0 Å². The van der Waals surface area contributed by atoms with Crippen LogP contribution < -0.4 is 5.32 Å². The molecule has 0 radical (unpaired) electrons. The number of halogens is 9. The lowest BCUT2D eigenvalue weighted by Crippen LogP contribution is -2.61. The van der Waals surface area contributed by atoms with Crippen molar-refractivity contribution < 1.29 is 44.3 Å². The Balaban J connectivity index is 1.48. The van der Waals surface area contributed by atoms with Crippen molar-refractivity contribution in [3.63, 3.8) is 0 Å². The van der Waals surface area contributed by atoms with Gasteiger partial charge < -0.3 is 5.32 Å². The van der Waals surface area contributed by atoms with Crippen molar-refractivity contribution in [3.8, 4) is 0 Å². The lowest BCUT2D eigenvalue weighted by molar-refractivity contribution is -0.228. The van der Waals surface area contributed by atoms with Crippen LogP contribution in [-0.4, -0.2) is 79.0 Å². The highest BCUT2D eigenvalue weighted by molar-refractivity contribution is 5.82. The van der Waals surface area contributed by atoms with E-state index in [1.165, 1.54) is 6.42 Å². The summed E-state index contributed by atoms with van der Waals surface area (Å²) in [6.45, 7) is 1.60. The molecule has 1 amide bonds. The van der Waals surface area contributed by atoms with Crippen molar-refractivity contribution in [2.24, 2.45) is 29.6 Å². The van der Waals surface area contributed by atoms with E-state index in [4.69, 9.17) is 0 Å². The minimum Gasteiger partial charge on any atom is -0.354 e. The summed E-state index contributed by atoms with van der Waals surface area (Å²) in [7, 11) is 0. The second kappa shape index (κ2) is 13.2. The molecule has 4 fully saturated rings. The molecule has 3 aliphatic carbocycles. The molecule has 5 unspecified atom stereocenters. The minimum absolute atomic E-state index is 0.0941. The van der Waals surface area contributed by atoms with E-state index in [9.17, 15) is 44.3 Å². The average Bonchev–Trinajstić information content (AvgIpc) is 2.91. The topological polar surface area (TPSA) is 35.6 Å². The maximum atomic E-state index is 14.1. The Morgan fingerprint density at radius 1 is 0.683 bits per heavy atom. The highest BCUT2D eigenvalue weighted by Gasteiger charge is 2.53. The van der Waals surface area contributed by atoms with E-state index >= 15 is 0 Å². The fourth-order valence-electron chi connectivity index (χ4n) is 7.89. The molecule has 13 heteroatoms. The van der Waals surface area contributed by atoms with Gasteiger partial charge in [0.15, 0.2) is 0 Å². The van der Waals surface area contributed by atoms with Crippen LogP contribution in [0.4, 0.5) is 39.5 Å². The maximum absolute atomic E-state index is 14.1. The van der Waals surface area contributed by atoms with E-state index in [1.807, 2.05) is 0 Å². The third kappa shape index (κ3) is 8.44. The van der Waals surface area contributed by atoms with Crippen LogP contribution in [0.2, 0.25) is 0 Å². The summed E-state index contributed by atoms with van der Waals surface area (Å²) >= 11 is 0. The Hall–Kier alpha value is -1.24. The van der Waals surface area contributed by atoms with Crippen LogP contribution in [0.3, 0.4) is 0 Å². The van der Waals surface area contributed by atoms with Gasteiger partial charge in [0.25, 0.3) is 0 Å². The SMILES string of the molecule is O=C(NCC1CC(C(F)(F)F)CC(C(F)(F)F)C1)C(C1CCCCC1C(F)(F)F)N1CCN(C2CCCCC2)CC1. The van der Waals surface area contributed by atoms with Crippen LogP contribution in [0.5, 0.6) is 0 Å². The summed E-state index contributed by atoms with van der Waals surface area (Å²) in [5.41, 5.74) is 0. The quantitative estimate of drug-likeness (QED) is 0.332. The molecule has 0 aromatic heterocycles. The summed E-state index contributed by atoms with van der Waals surface area (Å²) in [6, 6.07) is -0.707. The molecule has 1 heterocycles. The fraction of sp³-hybridized carbons (Fsp3) is 0.964. The number of alkyl halides is 9. The lowest BCUT2D eigenvalue weighted by atomic mass is 9.73. The van der Waals surface area contributed by atoms with E-state index in [2.05, 4.69) is 10.2 Å².